The Labute approximate surface area is 121 Å². The topological polar surface area (TPSA) is 24.9 Å². The van der Waals surface area contributed by atoms with Crippen LogP contribution in [0.5, 0.6) is 0 Å². The Hall–Kier alpha value is -1.85. The quantitative estimate of drug-likeness (QED) is 0.833. The van der Waals surface area contributed by atoms with Gasteiger partial charge in [0.15, 0.2) is 0 Å². The molecule has 20 heavy (non-hydrogen) atoms. The summed E-state index contributed by atoms with van der Waals surface area (Å²) >= 11 is 0. The third kappa shape index (κ3) is 3.59. The molecule has 2 rings (SSSR count). The summed E-state index contributed by atoms with van der Waals surface area (Å²) < 4.78 is 0. The van der Waals surface area contributed by atoms with E-state index in [-0.39, 0.29) is 5.54 Å². The molecule has 0 bridgehead atoms. The van der Waals surface area contributed by atoms with Gasteiger partial charge in [0, 0.05) is 18.1 Å². The Morgan fingerprint density at radius 3 is 2.85 bits per heavy atom. The van der Waals surface area contributed by atoms with Crippen molar-refractivity contribution in [2.75, 3.05) is 0 Å². The zero-order valence-corrected chi connectivity index (χ0v) is 12.5. The average Bonchev–Trinajstić information content (AvgIpc) is 2.44. The summed E-state index contributed by atoms with van der Waals surface area (Å²) in [4.78, 5) is 4.33. The summed E-state index contributed by atoms with van der Waals surface area (Å²) in [5.74, 6) is 3.47. The molecule has 0 saturated carbocycles. The SMILES string of the molecule is C#C[C@](C)(CC(C)C)NCc1ccc2ncccc2c1. The highest BCUT2D eigenvalue weighted by Gasteiger charge is 2.21. The minimum Gasteiger partial charge on any atom is -0.297 e. The fourth-order valence-corrected chi connectivity index (χ4v) is 2.53. The van der Waals surface area contributed by atoms with E-state index in [4.69, 9.17) is 6.42 Å². The van der Waals surface area contributed by atoms with Crippen LogP contribution in [0.3, 0.4) is 0 Å². The molecule has 2 heteroatoms. The van der Waals surface area contributed by atoms with E-state index in [2.05, 4.69) is 61.3 Å². The van der Waals surface area contributed by atoms with E-state index >= 15 is 0 Å². The largest absolute Gasteiger partial charge is 0.297 e. The molecule has 104 valence electrons. The number of nitrogens with one attached hydrogen (secondary N) is 1. The zero-order chi connectivity index (χ0) is 14.6. The highest BCUT2D eigenvalue weighted by molar-refractivity contribution is 5.78. The van der Waals surface area contributed by atoms with E-state index in [0.717, 1.165) is 23.9 Å². The number of benzene rings is 1. The molecule has 0 unspecified atom stereocenters. The van der Waals surface area contributed by atoms with Gasteiger partial charge in [0.2, 0.25) is 0 Å². The monoisotopic (exact) mass is 266 g/mol. The normalized spacial score (nSPS) is 14.2. The Bertz CT molecular complexity index is 625. The van der Waals surface area contributed by atoms with Crippen LogP contribution in [0, 0.1) is 18.3 Å². The van der Waals surface area contributed by atoms with Crippen LogP contribution in [-0.4, -0.2) is 10.5 Å². The van der Waals surface area contributed by atoms with Gasteiger partial charge in [0.1, 0.15) is 0 Å². The van der Waals surface area contributed by atoms with Gasteiger partial charge in [-0.05, 0) is 43.0 Å². The molecule has 0 aliphatic rings. The maximum absolute atomic E-state index is 5.69. The first-order valence-corrected chi connectivity index (χ1v) is 7.09. The molecule has 1 heterocycles. The molecule has 0 spiro atoms. The molecule has 0 fully saturated rings. The summed E-state index contributed by atoms with van der Waals surface area (Å²) in [5, 5.41) is 4.67. The third-order valence-corrected chi connectivity index (χ3v) is 3.49. The molecule has 0 amide bonds. The lowest BCUT2D eigenvalue weighted by molar-refractivity contribution is 0.367. The number of hydrogen-bond acceptors (Lipinski definition) is 2. The van der Waals surface area contributed by atoms with Gasteiger partial charge in [0.05, 0.1) is 11.1 Å². The second kappa shape index (κ2) is 6.07. The van der Waals surface area contributed by atoms with Gasteiger partial charge >= 0.3 is 0 Å². The highest BCUT2D eigenvalue weighted by atomic mass is 15.0. The molecule has 1 aromatic carbocycles. The van der Waals surface area contributed by atoms with Crippen molar-refractivity contribution in [2.24, 2.45) is 5.92 Å². The molecule has 1 atom stereocenters. The lowest BCUT2D eigenvalue weighted by atomic mass is 9.91. The predicted octanol–water partition coefficient (Wildman–Crippen LogP) is 3.76. The highest BCUT2D eigenvalue weighted by Crippen LogP contribution is 2.18. The number of pyridine rings is 1. The summed E-state index contributed by atoms with van der Waals surface area (Å²) in [6.45, 7) is 7.26. The van der Waals surface area contributed by atoms with Gasteiger partial charge < -0.3 is 0 Å². The van der Waals surface area contributed by atoms with Crippen LogP contribution < -0.4 is 5.32 Å². The standard InChI is InChI=1S/C18H22N2/c1-5-18(4,12-14(2)3)20-13-15-8-9-17-16(11-15)7-6-10-19-17/h1,6-11,14,20H,12-13H2,2-4H3/t18-/m1/s1. The van der Waals surface area contributed by atoms with Crippen LogP contribution in [0.1, 0.15) is 32.8 Å². The molecule has 2 aromatic rings. The fourth-order valence-electron chi connectivity index (χ4n) is 2.53. The summed E-state index contributed by atoms with van der Waals surface area (Å²) in [6, 6.07) is 10.4. The molecule has 0 radical (unpaired) electrons. The van der Waals surface area contributed by atoms with Crippen molar-refractivity contribution in [3.05, 3.63) is 42.1 Å². The molecule has 2 nitrogen and oxygen atoms in total. The van der Waals surface area contributed by atoms with Crippen LogP contribution in [0.15, 0.2) is 36.5 Å². The van der Waals surface area contributed by atoms with Crippen molar-refractivity contribution in [1.82, 2.24) is 10.3 Å². The molecular weight excluding hydrogens is 244 g/mol. The number of terminal acetylenes is 1. The lowest BCUT2D eigenvalue weighted by Crippen LogP contribution is -2.41. The molecular formula is C18H22N2. The van der Waals surface area contributed by atoms with Gasteiger partial charge in [-0.25, -0.2) is 0 Å². The molecule has 0 saturated heterocycles. The predicted molar refractivity (Wildman–Crippen MR) is 85.3 cm³/mol. The lowest BCUT2D eigenvalue weighted by Gasteiger charge is -2.27. The van der Waals surface area contributed by atoms with E-state index in [9.17, 15) is 0 Å². The number of aromatic nitrogens is 1. The Kier molecular flexibility index (Phi) is 4.42. The zero-order valence-electron chi connectivity index (χ0n) is 12.5. The van der Waals surface area contributed by atoms with Crippen molar-refractivity contribution in [3.8, 4) is 12.3 Å². The van der Waals surface area contributed by atoms with Gasteiger partial charge in [-0.1, -0.05) is 31.9 Å². The second-order valence-corrected chi connectivity index (χ2v) is 5.96. The first-order valence-electron chi connectivity index (χ1n) is 7.09. The van der Waals surface area contributed by atoms with Crippen molar-refractivity contribution in [2.45, 2.75) is 39.3 Å². The van der Waals surface area contributed by atoms with Gasteiger partial charge in [0.25, 0.3) is 0 Å². The van der Waals surface area contributed by atoms with Crippen LogP contribution in [0.2, 0.25) is 0 Å². The van der Waals surface area contributed by atoms with Crippen molar-refractivity contribution in [3.63, 3.8) is 0 Å². The summed E-state index contributed by atoms with van der Waals surface area (Å²) in [7, 11) is 0. The number of hydrogen-bond donors (Lipinski definition) is 1. The number of fused-ring (bicyclic) bond motifs is 1. The maximum atomic E-state index is 5.69. The van der Waals surface area contributed by atoms with Crippen molar-refractivity contribution in [1.29, 1.82) is 0 Å². The first-order chi connectivity index (χ1) is 9.52. The van der Waals surface area contributed by atoms with Crippen molar-refractivity contribution >= 4 is 10.9 Å². The van der Waals surface area contributed by atoms with Gasteiger partial charge in [-0.3, -0.25) is 10.3 Å². The van der Waals surface area contributed by atoms with E-state index in [1.165, 1.54) is 5.56 Å². The van der Waals surface area contributed by atoms with E-state index in [1.807, 2.05) is 12.3 Å². The van der Waals surface area contributed by atoms with Crippen LogP contribution in [0.25, 0.3) is 10.9 Å². The smallest absolute Gasteiger partial charge is 0.0774 e. The number of rotatable bonds is 5. The van der Waals surface area contributed by atoms with E-state index < -0.39 is 0 Å². The van der Waals surface area contributed by atoms with Crippen molar-refractivity contribution < 1.29 is 0 Å². The molecule has 1 aromatic heterocycles. The Morgan fingerprint density at radius 1 is 1.35 bits per heavy atom. The molecule has 1 N–H and O–H groups in total. The second-order valence-electron chi connectivity index (χ2n) is 5.96. The first kappa shape index (κ1) is 14.6. The van der Waals surface area contributed by atoms with Gasteiger partial charge in [-0.15, -0.1) is 6.42 Å². The van der Waals surface area contributed by atoms with Crippen LogP contribution >= 0.6 is 0 Å². The third-order valence-electron chi connectivity index (χ3n) is 3.49. The van der Waals surface area contributed by atoms with Crippen LogP contribution in [-0.2, 0) is 6.54 Å². The summed E-state index contributed by atoms with van der Waals surface area (Å²) in [5.41, 5.74) is 2.01. The van der Waals surface area contributed by atoms with Gasteiger partial charge in [-0.2, -0.15) is 0 Å². The number of nitrogens with zero attached hydrogens (tertiary/aromatic N) is 1. The fraction of sp³-hybridized carbons (Fsp3) is 0.389. The minimum atomic E-state index is -0.252. The van der Waals surface area contributed by atoms with E-state index in [1.54, 1.807) is 0 Å². The van der Waals surface area contributed by atoms with E-state index in [0.29, 0.717) is 5.92 Å². The Balaban J connectivity index is 2.10. The summed E-state index contributed by atoms with van der Waals surface area (Å²) in [6.07, 6.45) is 8.48. The van der Waals surface area contributed by atoms with Crippen LogP contribution in [0.4, 0.5) is 0 Å². The molecule has 0 aliphatic carbocycles. The maximum Gasteiger partial charge on any atom is 0.0774 e. The minimum absolute atomic E-state index is 0.252. The Morgan fingerprint density at radius 2 is 2.15 bits per heavy atom. The average molecular weight is 266 g/mol. The molecule has 0 aliphatic heterocycles.